The second-order valence-corrected chi connectivity index (χ2v) is 5.76. The Bertz CT molecular complexity index is 501. The summed E-state index contributed by atoms with van der Waals surface area (Å²) in [5, 5.41) is 5.79. The van der Waals surface area contributed by atoms with Crippen molar-refractivity contribution in [3.8, 4) is 0 Å². The van der Waals surface area contributed by atoms with Gasteiger partial charge in [0.25, 0.3) is 0 Å². The number of unbranched alkanes of at least 4 members (excludes halogenated alkanes) is 1. The lowest BCUT2D eigenvalue weighted by molar-refractivity contribution is -0.121. The van der Waals surface area contributed by atoms with Crippen molar-refractivity contribution in [2.75, 3.05) is 11.2 Å². The minimum absolute atomic E-state index is 0.0348. The quantitative estimate of drug-likeness (QED) is 0.573. The van der Waals surface area contributed by atoms with Gasteiger partial charge in [-0.15, -0.1) is 11.6 Å². The smallest absolute Gasteiger partial charge is 0.227 e. The minimum atomic E-state index is 0.0348. The lowest BCUT2D eigenvalue weighted by Crippen LogP contribution is -2.22. The summed E-state index contributed by atoms with van der Waals surface area (Å²) in [7, 11) is 0. The molecule has 2 rings (SSSR count). The molecule has 114 valence electrons. The molecule has 2 amide bonds. The summed E-state index contributed by atoms with van der Waals surface area (Å²) in [5.74, 6) is 0.913. The summed E-state index contributed by atoms with van der Waals surface area (Å²) in [6.45, 7) is 0.479. The zero-order valence-electron chi connectivity index (χ0n) is 12.0. The molecule has 0 bridgehead atoms. The number of amides is 2. The highest BCUT2D eigenvalue weighted by Crippen LogP contribution is 2.30. The Hall–Kier alpha value is -1.55. The maximum atomic E-state index is 11.7. The molecule has 5 heteroatoms. The Morgan fingerprint density at radius 1 is 1.24 bits per heavy atom. The number of benzene rings is 1. The SMILES string of the molecule is O=C(CCCCCl)NCc1cccc(NC(=O)C2CC2)c1. The molecule has 0 spiro atoms. The Kier molecular flexibility index (Phi) is 6.05. The van der Waals surface area contributed by atoms with E-state index in [2.05, 4.69) is 10.6 Å². The van der Waals surface area contributed by atoms with Crippen LogP contribution in [0.2, 0.25) is 0 Å². The number of nitrogens with one attached hydrogen (secondary N) is 2. The third-order valence-corrected chi connectivity index (χ3v) is 3.69. The Morgan fingerprint density at radius 3 is 2.76 bits per heavy atom. The van der Waals surface area contributed by atoms with E-state index in [0.29, 0.717) is 18.8 Å². The van der Waals surface area contributed by atoms with Gasteiger partial charge in [0.15, 0.2) is 0 Å². The van der Waals surface area contributed by atoms with Crippen LogP contribution in [0.3, 0.4) is 0 Å². The number of carbonyl (C=O) groups is 2. The van der Waals surface area contributed by atoms with E-state index in [0.717, 1.165) is 36.9 Å². The van der Waals surface area contributed by atoms with Gasteiger partial charge in [0, 0.05) is 30.5 Å². The van der Waals surface area contributed by atoms with Gasteiger partial charge in [-0.2, -0.15) is 0 Å². The largest absolute Gasteiger partial charge is 0.352 e. The second-order valence-electron chi connectivity index (χ2n) is 5.39. The van der Waals surface area contributed by atoms with Crippen LogP contribution in [0, 0.1) is 5.92 Å². The number of halogens is 1. The van der Waals surface area contributed by atoms with E-state index in [1.165, 1.54) is 0 Å². The summed E-state index contributed by atoms with van der Waals surface area (Å²) in [5.41, 5.74) is 1.77. The number of alkyl halides is 1. The van der Waals surface area contributed by atoms with Crippen molar-refractivity contribution in [2.45, 2.75) is 38.6 Å². The Morgan fingerprint density at radius 2 is 2.05 bits per heavy atom. The first-order valence-electron chi connectivity index (χ1n) is 7.41. The van der Waals surface area contributed by atoms with Gasteiger partial charge >= 0.3 is 0 Å². The van der Waals surface area contributed by atoms with Crippen molar-refractivity contribution in [1.82, 2.24) is 5.32 Å². The molecule has 0 radical (unpaired) electrons. The molecule has 21 heavy (non-hydrogen) atoms. The Labute approximate surface area is 130 Å². The van der Waals surface area contributed by atoms with Crippen LogP contribution in [0.25, 0.3) is 0 Å². The number of rotatable bonds is 8. The normalized spacial score (nSPS) is 13.8. The van der Waals surface area contributed by atoms with Gasteiger partial charge in [-0.3, -0.25) is 9.59 Å². The van der Waals surface area contributed by atoms with Gasteiger partial charge in [-0.05, 0) is 43.4 Å². The lowest BCUT2D eigenvalue weighted by Gasteiger charge is -2.08. The van der Waals surface area contributed by atoms with Crippen molar-refractivity contribution < 1.29 is 9.59 Å². The number of carbonyl (C=O) groups excluding carboxylic acids is 2. The van der Waals surface area contributed by atoms with E-state index in [4.69, 9.17) is 11.6 Å². The van der Waals surface area contributed by atoms with Crippen LogP contribution < -0.4 is 10.6 Å². The highest BCUT2D eigenvalue weighted by molar-refractivity contribution is 6.17. The lowest BCUT2D eigenvalue weighted by atomic mass is 10.2. The third kappa shape index (κ3) is 5.76. The summed E-state index contributed by atoms with van der Waals surface area (Å²) in [4.78, 5) is 23.3. The summed E-state index contributed by atoms with van der Waals surface area (Å²) in [6.07, 6.45) is 4.16. The predicted molar refractivity (Wildman–Crippen MR) is 84.2 cm³/mol. The fourth-order valence-electron chi connectivity index (χ4n) is 2.02. The van der Waals surface area contributed by atoms with E-state index >= 15 is 0 Å². The minimum Gasteiger partial charge on any atom is -0.352 e. The van der Waals surface area contributed by atoms with E-state index in [1.54, 1.807) is 0 Å². The molecular weight excluding hydrogens is 288 g/mol. The molecular formula is C16H21ClN2O2. The highest BCUT2D eigenvalue weighted by Gasteiger charge is 2.29. The molecule has 1 aromatic carbocycles. The fraction of sp³-hybridized carbons (Fsp3) is 0.500. The maximum absolute atomic E-state index is 11.7. The summed E-state index contributed by atoms with van der Waals surface area (Å²) in [6, 6.07) is 7.59. The molecule has 2 N–H and O–H groups in total. The van der Waals surface area contributed by atoms with Crippen molar-refractivity contribution in [2.24, 2.45) is 5.92 Å². The zero-order chi connectivity index (χ0) is 15.1. The molecule has 1 aromatic rings. The van der Waals surface area contributed by atoms with E-state index in [9.17, 15) is 9.59 Å². The molecule has 4 nitrogen and oxygen atoms in total. The molecule has 1 fully saturated rings. The summed E-state index contributed by atoms with van der Waals surface area (Å²) < 4.78 is 0. The van der Waals surface area contributed by atoms with Crippen LogP contribution in [0.1, 0.15) is 37.7 Å². The standard InChI is InChI=1S/C16H21ClN2O2/c17-9-2-1-6-15(20)18-11-12-4-3-5-14(10-12)19-16(21)13-7-8-13/h3-5,10,13H,1-2,6-9,11H2,(H,18,20)(H,19,21). The van der Waals surface area contributed by atoms with E-state index in [1.807, 2.05) is 24.3 Å². The first-order chi connectivity index (χ1) is 10.2. The first-order valence-corrected chi connectivity index (χ1v) is 7.95. The Balaban J connectivity index is 1.77. The molecule has 1 aliphatic carbocycles. The van der Waals surface area contributed by atoms with Gasteiger partial charge in [-0.25, -0.2) is 0 Å². The zero-order valence-corrected chi connectivity index (χ0v) is 12.8. The van der Waals surface area contributed by atoms with Crippen LogP contribution in [0.15, 0.2) is 24.3 Å². The maximum Gasteiger partial charge on any atom is 0.227 e. The van der Waals surface area contributed by atoms with Crippen LogP contribution in [0.5, 0.6) is 0 Å². The molecule has 0 saturated heterocycles. The van der Waals surface area contributed by atoms with Crippen LogP contribution in [-0.4, -0.2) is 17.7 Å². The van der Waals surface area contributed by atoms with Crippen molar-refractivity contribution in [3.63, 3.8) is 0 Å². The van der Waals surface area contributed by atoms with Crippen molar-refractivity contribution in [1.29, 1.82) is 0 Å². The van der Waals surface area contributed by atoms with Crippen LogP contribution in [0.4, 0.5) is 5.69 Å². The van der Waals surface area contributed by atoms with Gasteiger partial charge in [0.1, 0.15) is 0 Å². The monoisotopic (exact) mass is 308 g/mol. The van der Waals surface area contributed by atoms with Crippen molar-refractivity contribution >= 4 is 29.1 Å². The van der Waals surface area contributed by atoms with Gasteiger partial charge < -0.3 is 10.6 Å². The first kappa shape index (κ1) is 15.8. The molecule has 1 saturated carbocycles. The number of hydrogen-bond acceptors (Lipinski definition) is 2. The average molecular weight is 309 g/mol. The topological polar surface area (TPSA) is 58.2 Å². The molecule has 0 atom stereocenters. The van der Waals surface area contributed by atoms with Crippen LogP contribution in [-0.2, 0) is 16.1 Å². The predicted octanol–water partition coefficient (Wildman–Crippen LogP) is 3.06. The van der Waals surface area contributed by atoms with Crippen molar-refractivity contribution in [3.05, 3.63) is 29.8 Å². The molecule has 0 heterocycles. The number of hydrogen-bond donors (Lipinski definition) is 2. The molecule has 0 aliphatic heterocycles. The number of anilines is 1. The highest BCUT2D eigenvalue weighted by atomic mass is 35.5. The molecule has 0 aromatic heterocycles. The van der Waals surface area contributed by atoms with Gasteiger partial charge in [-0.1, -0.05) is 12.1 Å². The fourth-order valence-corrected chi connectivity index (χ4v) is 2.21. The second kappa shape index (κ2) is 8.03. The summed E-state index contributed by atoms with van der Waals surface area (Å²) >= 11 is 5.58. The van der Waals surface area contributed by atoms with Gasteiger partial charge in [0.05, 0.1) is 0 Å². The third-order valence-electron chi connectivity index (χ3n) is 3.42. The van der Waals surface area contributed by atoms with Gasteiger partial charge in [0.2, 0.25) is 11.8 Å². The van der Waals surface area contributed by atoms with E-state index < -0.39 is 0 Å². The molecule has 1 aliphatic rings. The average Bonchev–Trinajstić information content (AvgIpc) is 3.30. The van der Waals surface area contributed by atoms with Crippen LogP contribution >= 0.6 is 11.6 Å². The molecule has 0 unspecified atom stereocenters. The van der Waals surface area contributed by atoms with E-state index in [-0.39, 0.29) is 17.7 Å².